The summed E-state index contributed by atoms with van der Waals surface area (Å²) < 4.78 is 5.58. The standard InChI is InChI=1S/C18H18Cl2O2/c1-11-4-7-15-17(2,3)18(15,9-11)10-22-16(21)13-6-5-12(19)8-14(13)20/h5-6,8,11,15H,9-10H2,1-3H3. The van der Waals surface area contributed by atoms with Gasteiger partial charge in [0.2, 0.25) is 0 Å². The van der Waals surface area contributed by atoms with Crippen LogP contribution in [0.25, 0.3) is 0 Å². The highest BCUT2D eigenvalue weighted by atomic mass is 35.5. The third kappa shape index (κ3) is 2.32. The molecule has 0 radical (unpaired) electrons. The van der Waals surface area contributed by atoms with E-state index in [0.717, 1.165) is 6.42 Å². The number of ether oxygens (including phenoxy) is 1. The van der Waals surface area contributed by atoms with Crippen LogP contribution >= 0.6 is 23.2 Å². The Labute approximate surface area is 141 Å². The molecule has 1 fully saturated rings. The van der Waals surface area contributed by atoms with E-state index in [9.17, 15) is 4.79 Å². The lowest BCUT2D eigenvalue weighted by molar-refractivity contribution is 0.0353. The molecule has 0 heterocycles. The summed E-state index contributed by atoms with van der Waals surface area (Å²) >= 11 is 11.9. The number of hydrogen-bond donors (Lipinski definition) is 0. The number of halogens is 2. The largest absolute Gasteiger partial charge is 0.461 e. The maximum atomic E-state index is 12.3. The van der Waals surface area contributed by atoms with E-state index in [1.807, 2.05) is 0 Å². The first-order valence-electron chi connectivity index (χ1n) is 7.41. The summed E-state index contributed by atoms with van der Waals surface area (Å²) in [6.45, 7) is 6.92. The molecule has 116 valence electrons. The lowest BCUT2D eigenvalue weighted by atomic mass is 9.85. The van der Waals surface area contributed by atoms with E-state index in [-0.39, 0.29) is 10.8 Å². The average molecular weight is 337 g/mol. The lowest BCUT2D eigenvalue weighted by Gasteiger charge is -2.23. The van der Waals surface area contributed by atoms with Crippen molar-refractivity contribution >= 4 is 29.2 Å². The zero-order valence-corrected chi connectivity index (χ0v) is 14.4. The first kappa shape index (κ1) is 15.7. The van der Waals surface area contributed by atoms with Gasteiger partial charge in [-0.15, -0.1) is 0 Å². The molecular weight excluding hydrogens is 319 g/mol. The van der Waals surface area contributed by atoms with E-state index in [1.165, 1.54) is 0 Å². The Hall–Kier alpha value is -1.17. The molecule has 1 saturated carbocycles. The Bertz CT molecular complexity index is 699. The summed E-state index contributed by atoms with van der Waals surface area (Å²) in [6.07, 6.45) is 0.972. The van der Waals surface area contributed by atoms with Crippen molar-refractivity contribution in [2.75, 3.05) is 6.61 Å². The van der Waals surface area contributed by atoms with Crippen LogP contribution < -0.4 is 0 Å². The molecule has 22 heavy (non-hydrogen) atoms. The number of fused-ring (bicyclic) bond motifs is 1. The summed E-state index contributed by atoms with van der Waals surface area (Å²) in [4.78, 5) is 12.3. The van der Waals surface area contributed by atoms with Crippen LogP contribution in [-0.4, -0.2) is 12.6 Å². The van der Waals surface area contributed by atoms with E-state index < -0.39 is 5.97 Å². The van der Waals surface area contributed by atoms with Crippen LogP contribution in [0, 0.1) is 34.5 Å². The summed E-state index contributed by atoms with van der Waals surface area (Å²) in [5, 5.41) is 0.818. The van der Waals surface area contributed by atoms with Gasteiger partial charge in [-0.3, -0.25) is 0 Å². The van der Waals surface area contributed by atoms with Gasteiger partial charge >= 0.3 is 5.97 Å². The molecule has 4 heteroatoms. The van der Waals surface area contributed by atoms with Gasteiger partial charge < -0.3 is 4.74 Å². The summed E-state index contributed by atoms with van der Waals surface area (Å²) in [5.41, 5.74) is 0.425. The molecule has 1 aromatic carbocycles. The van der Waals surface area contributed by atoms with Crippen molar-refractivity contribution in [2.24, 2.45) is 22.7 Å². The van der Waals surface area contributed by atoms with Gasteiger partial charge in [0.1, 0.15) is 0 Å². The number of carbonyl (C=O) groups excluding carboxylic acids is 1. The maximum absolute atomic E-state index is 12.3. The minimum atomic E-state index is -0.399. The molecule has 2 nitrogen and oxygen atoms in total. The molecule has 0 N–H and O–H groups in total. The second kappa shape index (κ2) is 5.18. The van der Waals surface area contributed by atoms with Crippen LogP contribution in [0.3, 0.4) is 0 Å². The number of esters is 1. The highest BCUT2D eigenvalue weighted by Crippen LogP contribution is 2.72. The fourth-order valence-corrected chi connectivity index (χ4v) is 4.21. The Morgan fingerprint density at radius 2 is 2.09 bits per heavy atom. The normalized spacial score (nSPS) is 30.8. The highest BCUT2D eigenvalue weighted by Gasteiger charge is 2.71. The number of rotatable bonds is 3. The second-order valence-corrected chi connectivity index (χ2v) is 7.75. The van der Waals surface area contributed by atoms with Crippen LogP contribution in [-0.2, 0) is 4.74 Å². The molecule has 3 atom stereocenters. The number of carbonyl (C=O) groups is 1. The molecule has 0 saturated heterocycles. The highest BCUT2D eigenvalue weighted by molar-refractivity contribution is 6.36. The van der Waals surface area contributed by atoms with Crippen molar-refractivity contribution in [1.82, 2.24) is 0 Å². The molecule has 0 spiro atoms. The van der Waals surface area contributed by atoms with Crippen LogP contribution in [0.5, 0.6) is 0 Å². The van der Waals surface area contributed by atoms with Crippen molar-refractivity contribution in [1.29, 1.82) is 0 Å². The minimum absolute atomic E-state index is 0.0216. The van der Waals surface area contributed by atoms with Crippen LogP contribution in [0.4, 0.5) is 0 Å². The predicted octanol–water partition coefficient (Wildman–Crippen LogP) is 4.84. The minimum Gasteiger partial charge on any atom is -0.461 e. The third-order valence-corrected chi connectivity index (χ3v) is 5.78. The van der Waals surface area contributed by atoms with Crippen molar-refractivity contribution in [2.45, 2.75) is 27.2 Å². The molecule has 3 rings (SSSR count). The average Bonchev–Trinajstić information content (AvgIpc) is 2.91. The van der Waals surface area contributed by atoms with Crippen LogP contribution in [0.2, 0.25) is 10.0 Å². The predicted molar refractivity (Wildman–Crippen MR) is 88.0 cm³/mol. The number of hydrogen-bond acceptors (Lipinski definition) is 2. The van der Waals surface area contributed by atoms with Crippen molar-refractivity contribution in [3.05, 3.63) is 33.8 Å². The van der Waals surface area contributed by atoms with Crippen molar-refractivity contribution in [3.63, 3.8) is 0 Å². The zero-order chi connectivity index (χ0) is 16.1. The molecule has 0 amide bonds. The van der Waals surface area contributed by atoms with Gasteiger partial charge in [0.05, 0.1) is 17.2 Å². The van der Waals surface area contributed by atoms with Gasteiger partial charge in [-0.1, -0.05) is 55.8 Å². The Morgan fingerprint density at radius 1 is 1.36 bits per heavy atom. The van der Waals surface area contributed by atoms with Gasteiger partial charge in [-0.25, -0.2) is 4.79 Å². The smallest absolute Gasteiger partial charge is 0.339 e. The topological polar surface area (TPSA) is 26.3 Å². The molecule has 0 aliphatic heterocycles. The molecule has 2 aliphatic carbocycles. The molecule has 0 bridgehead atoms. The van der Waals surface area contributed by atoms with E-state index in [1.54, 1.807) is 18.2 Å². The van der Waals surface area contributed by atoms with E-state index in [4.69, 9.17) is 27.9 Å². The van der Waals surface area contributed by atoms with E-state index in [2.05, 4.69) is 32.6 Å². The van der Waals surface area contributed by atoms with Crippen molar-refractivity contribution in [3.8, 4) is 11.8 Å². The molecule has 3 unspecified atom stereocenters. The van der Waals surface area contributed by atoms with Gasteiger partial charge in [0, 0.05) is 22.3 Å². The molecule has 1 aromatic rings. The van der Waals surface area contributed by atoms with Gasteiger partial charge in [-0.05, 0) is 30.0 Å². The molecule has 2 aliphatic rings. The first-order chi connectivity index (χ1) is 10.3. The fourth-order valence-electron chi connectivity index (χ4n) is 3.72. The molecule has 0 aromatic heterocycles. The lowest BCUT2D eigenvalue weighted by Crippen LogP contribution is -2.23. The second-order valence-electron chi connectivity index (χ2n) is 6.90. The SMILES string of the molecule is CC1C#CC2C(C)(C)C2(COC(=O)c2ccc(Cl)cc2Cl)C1. The van der Waals surface area contributed by atoms with Crippen LogP contribution in [0.15, 0.2) is 18.2 Å². The Morgan fingerprint density at radius 3 is 2.77 bits per heavy atom. The third-order valence-electron chi connectivity index (χ3n) is 5.23. The monoisotopic (exact) mass is 336 g/mol. The van der Waals surface area contributed by atoms with Gasteiger partial charge in [0.15, 0.2) is 0 Å². The quantitative estimate of drug-likeness (QED) is 0.583. The van der Waals surface area contributed by atoms with Crippen LogP contribution in [0.1, 0.15) is 37.6 Å². The fraction of sp³-hybridized carbons (Fsp3) is 0.500. The summed E-state index contributed by atoms with van der Waals surface area (Å²) in [5.74, 6) is 6.85. The summed E-state index contributed by atoms with van der Waals surface area (Å²) in [7, 11) is 0. The van der Waals surface area contributed by atoms with Gasteiger partial charge in [0.25, 0.3) is 0 Å². The van der Waals surface area contributed by atoms with E-state index in [0.29, 0.717) is 34.1 Å². The van der Waals surface area contributed by atoms with E-state index >= 15 is 0 Å². The number of benzene rings is 1. The Kier molecular flexibility index (Phi) is 3.70. The van der Waals surface area contributed by atoms with Gasteiger partial charge in [-0.2, -0.15) is 0 Å². The molecular formula is C18H18Cl2O2. The Balaban J connectivity index is 1.73. The summed E-state index contributed by atoms with van der Waals surface area (Å²) in [6, 6.07) is 4.79. The van der Waals surface area contributed by atoms with Crippen molar-refractivity contribution < 1.29 is 9.53 Å². The maximum Gasteiger partial charge on any atom is 0.339 e. The first-order valence-corrected chi connectivity index (χ1v) is 8.17. The zero-order valence-electron chi connectivity index (χ0n) is 12.9.